The summed E-state index contributed by atoms with van der Waals surface area (Å²) in [4.78, 5) is 12.0. The van der Waals surface area contributed by atoms with Crippen molar-refractivity contribution >= 4 is 33.2 Å². The van der Waals surface area contributed by atoms with E-state index in [1.54, 1.807) is 22.8 Å². The Labute approximate surface area is 108 Å². The summed E-state index contributed by atoms with van der Waals surface area (Å²) < 4.78 is 2.62. The van der Waals surface area contributed by atoms with Crippen LogP contribution in [0.5, 0.6) is 0 Å². The normalized spacial score (nSPS) is 10.2. The molecule has 17 heavy (non-hydrogen) atoms. The molecule has 3 N–H and O–H groups in total. The molecule has 1 amide bonds. The SMILES string of the molecule is Cn1cc(Br)cc1C(=O)Nc1ccccc1N. The maximum atomic E-state index is 12.0. The summed E-state index contributed by atoms with van der Waals surface area (Å²) in [7, 11) is 1.81. The summed E-state index contributed by atoms with van der Waals surface area (Å²) in [6.07, 6.45) is 1.82. The monoisotopic (exact) mass is 293 g/mol. The van der Waals surface area contributed by atoms with Crippen LogP contribution >= 0.6 is 15.9 Å². The number of hydrogen-bond donors (Lipinski definition) is 2. The minimum absolute atomic E-state index is 0.184. The molecule has 1 aromatic carbocycles. The van der Waals surface area contributed by atoms with Crippen molar-refractivity contribution in [2.24, 2.45) is 7.05 Å². The van der Waals surface area contributed by atoms with Crippen molar-refractivity contribution in [2.75, 3.05) is 11.1 Å². The van der Waals surface area contributed by atoms with Crippen molar-refractivity contribution in [3.8, 4) is 0 Å². The van der Waals surface area contributed by atoms with E-state index in [9.17, 15) is 4.79 Å². The number of nitrogens with one attached hydrogen (secondary N) is 1. The predicted molar refractivity (Wildman–Crippen MR) is 71.9 cm³/mol. The van der Waals surface area contributed by atoms with E-state index in [0.29, 0.717) is 17.1 Å². The van der Waals surface area contributed by atoms with Gasteiger partial charge in [0.1, 0.15) is 5.69 Å². The average Bonchev–Trinajstić information content (AvgIpc) is 2.61. The van der Waals surface area contributed by atoms with Crippen molar-refractivity contribution in [1.29, 1.82) is 0 Å². The number of halogens is 1. The first-order valence-electron chi connectivity index (χ1n) is 5.05. The number of hydrogen-bond acceptors (Lipinski definition) is 2. The van der Waals surface area contributed by atoms with Gasteiger partial charge in [0.25, 0.3) is 5.91 Å². The third-order valence-electron chi connectivity index (χ3n) is 2.41. The predicted octanol–water partition coefficient (Wildman–Crippen LogP) is 2.62. The Morgan fingerprint density at radius 3 is 2.71 bits per heavy atom. The van der Waals surface area contributed by atoms with Crippen molar-refractivity contribution in [2.45, 2.75) is 0 Å². The first-order chi connectivity index (χ1) is 8.08. The number of carbonyl (C=O) groups is 1. The lowest BCUT2D eigenvalue weighted by Crippen LogP contribution is -2.16. The van der Waals surface area contributed by atoms with E-state index in [2.05, 4.69) is 21.2 Å². The third-order valence-corrected chi connectivity index (χ3v) is 2.85. The Kier molecular flexibility index (Phi) is 3.19. The number of aryl methyl sites for hydroxylation is 1. The fourth-order valence-corrected chi connectivity index (χ4v) is 2.07. The Bertz CT molecular complexity index is 563. The van der Waals surface area contributed by atoms with Gasteiger partial charge in [-0.3, -0.25) is 4.79 Å². The second-order valence-electron chi connectivity index (χ2n) is 3.70. The van der Waals surface area contributed by atoms with Crippen molar-refractivity contribution in [1.82, 2.24) is 4.57 Å². The molecule has 0 atom stereocenters. The second-order valence-corrected chi connectivity index (χ2v) is 4.61. The van der Waals surface area contributed by atoms with Crippen LogP contribution in [0.2, 0.25) is 0 Å². The van der Waals surface area contributed by atoms with Gasteiger partial charge < -0.3 is 15.6 Å². The highest BCUT2D eigenvalue weighted by molar-refractivity contribution is 9.10. The molecule has 4 nitrogen and oxygen atoms in total. The standard InChI is InChI=1S/C12H12BrN3O/c1-16-7-8(13)6-11(16)12(17)15-10-5-3-2-4-9(10)14/h2-7H,14H2,1H3,(H,15,17). The number of carbonyl (C=O) groups excluding carboxylic acids is 1. The van der Waals surface area contributed by atoms with Gasteiger partial charge in [-0.25, -0.2) is 0 Å². The molecule has 88 valence electrons. The fourth-order valence-electron chi connectivity index (χ4n) is 1.55. The van der Waals surface area contributed by atoms with Gasteiger partial charge in [-0.2, -0.15) is 0 Å². The molecule has 0 spiro atoms. The number of anilines is 2. The Morgan fingerprint density at radius 2 is 2.12 bits per heavy atom. The molecule has 0 aliphatic rings. The summed E-state index contributed by atoms with van der Waals surface area (Å²) in [6.45, 7) is 0. The van der Waals surface area contributed by atoms with Crippen molar-refractivity contribution in [3.63, 3.8) is 0 Å². The van der Waals surface area contributed by atoms with Crippen LogP contribution < -0.4 is 11.1 Å². The summed E-state index contributed by atoms with van der Waals surface area (Å²) in [5.41, 5.74) is 7.50. The van der Waals surface area contributed by atoms with E-state index in [0.717, 1.165) is 4.47 Å². The van der Waals surface area contributed by atoms with Crippen LogP contribution in [0.25, 0.3) is 0 Å². The number of benzene rings is 1. The Balaban J connectivity index is 2.23. The van der Waals surface area contributed by atoms with Crippen LogP contribution in [0.15, 0.2) is 41.0 Å². The molecule has 0 bridgehead atoms. The topological polar surface area (TPSA) is 60.0 Å². The Hall–Kier alpha value is -1.75. The third kappa shape index (κ3) is 2.50. The van der Waals surface area contributed by atoms with Gasteiger partial charge in [-0.15, -0.1) is 0 Å². The first kappa shape index (κ1) is 11.7. The first-order valence-corrected chi connectivity index (χ1v) is 5.85. The van der Waals surface area contributed by atoms with Gasteiger partial charge in [-0.05, 0) is 34.1 Å². The quantitative estimate of drug-likeness (QED) is 0.836. The molecule has 2 rings (SSSR count). The Morgan fingerprint density at radius 1 is 1.41 bits per heavy atom. The van der Waals surface area contributed by atoms with Crippen LogP contribution in [0.4, 0.5) is 11.4 Å². The van der Waals surface area contributed by atoms with E-state index in [1.807, 2.05) is 25.4 Å². The maximum absolute atomic E-state index is 12.0. The molecule has 0 saturated heterocycles. The molecule has 0 saturated carbocycles. The van der Waals surface area contributed by atoms with Crippen molar-refractivity contribution < 1.29 is 4.79 Å². The van der Waals surface area contributed by atoms with E-state index >= 15 is 0 Å². The molecule has 0 aliphatic heterocycles. The van der Waals surface area contributed by atoms with Gasteiger partial charge in [0.2, 0.25) is 0 Å². The number of rotatable bonds is 2. The number of nitrogen functional groups attached to an aromatic ring is 1. The highest BCUT2D eigenvalue weighted by atomic mass is 79.9. The van der Waals surface area contributed by atoms with E-state index in [4.69, 9.17) is 5.73 Å². The highest BCUT2D eigenvalue weighted by Gasteiger charge is 2.11. The number of para-hydroxylation sites is 2. The molecule has 0 fully saturated rings. The summed E-state index contributed by atoms with van der Waals surface area (Å²) >= 11 is 3.33. The number of nitrogens with two attached hydrogens (primary N) is 1. The lowest BCUT2D eigenvalue weighted by Gasteiger charge is -2.08. The van der Waals surface area contributed by atoms with Crippen LogP contribution in [0, 0.1) is 0 Å². The molecular formula is C12H12BrN3O. The highest BCUT2D eigenvalue weighted by Crippen LogP contribution is 2.19. The largest absolute Gasteiger partial charge is 0.397 e. The zero-order valence-corrected chi connectivity index (χ0v) is 10.9. The van der Waals surface area contributed by atoms with Crippen LogP contribution in [0.3, 0.4) is 0 Å². The number of amides is 1. The summed E-state index contributed by atoms with van der Waals surface area (Å²) in [5, 5.41) is 2.78. The van der Waals surface area contributed by atoms with Gasteiger partial charge in [0.05, 0.1) is 11.4 Å². The number of nitrogens with zero attached hydrogens (tertiary/aromatic N) is 1. The van der Waals surface area contributed by atoms with Crippen molar-refractivity contribution in [3.05, 3.63) is 46.7 Å². The molecule has 2 aromatic rings. The number of aromatic nitrogens is 1. The van der Waals surface area contributed by atoms with E-state index < -0.39 is 0 Å². The van der Waals surface area contributed by atoms with Gasteiger partial charge in [-0.1, -0.05) is 12.1 Å². The second kappa shape index (κ2) is 4.63. The molecule has 0 aliphatic carbocycles. The lowest BCUT2D eigenvalue weighted by atomic mass is 10.2. The minimum atomic E-state index is -0.184. The van der Waals surface area contributed by atoms with Crippen LogP contribution in [-0.4, -0.2) is 10.5 Å². The van der Waals surface area contributed by atoms with Gasteiger partial charge in [0, 0.05) is 17.7 Å². The van der Waals surface area contributed by atoms with E-state index in [-0.39, 0.29) is 5.91 Å². The van der Waals surface area contributed by atoms with Crippen LogP contribution in [0.1, 0.15) is 10.5 Å². The molecule has 5 heteroatoms. The van der Waals surface area contributed by atoms with Crippen LogP contribution in [-0.2, 0) is 7.05 Å². The molecule has 1 aromatic heterocycles. The molecule has 0 unspecified atom stereocenters. The molecular weight excluding hydrogens is 282 g/mol. The average molecular weight is 294 g/mol. The van der Waals surface area contributed by atoms with Gasteiger partial charge >= 0.3 is 0 Å². The summed E-state index contributed by atoms with van der Waals surface area (Å²) in [6, 6.07) is 8.92. The smallest absolute Gasteiger partial charge is 0.272 e. The minimum Gasteiger partial charge on any atom is -0.397 e. The zero-order valence-electron chi connectivity index (χ0n) is 9.27. The fraction of sp³-hybridized carbons (Fsp3) is 0.0833. The maximum Gasteiger partial charge on any atom is 0.272 e. The molecule has 0 radical (unpaired) electrons. The zero-order chi connectivity index (χ0) is 12.4. The molecule has 1 heterocycles. The summed E-state index contributed by atoms with van der Waals surface area (Å²) in [5.74, 6) is -0.184. The lowest BCUT2D eigenvalue weighted by molar-refractivity contribution is 0.101. The van der Waals surface area contributed by atoms with Gasteiger partial charge in [0.15, 0.2) is 0 Å². The van der Waals surface area contributed by atoms with E-state index in [1.165, 1.54) is 0 Å².